The summed E-state index contributed by atoms with van der Waals surface area (Å²) in [6.07, 6.45) is 2.56. The molecule has 1 N–H and O–H groups in total. The van der Waals surface area contributed by atoms with Crippen LogP contribution in [0, 0.1) is 6.92 Å². The molecular formula is C23H22N4O4S. The molecular weight excluding hydrogens is 428 g/mol. The number of thiophene rings is 1. The third kappa shape index (κ3) is 3.90. The van der Waals surface area contributed by atoms with Gasteiger partial charge in [-0.1, -0.05) is 18.2 Å². The van der Waals surface area contributed by atoms with Crippen LogP contribution in [0.2, 0.25) is 0 Å². The van der Waals surface area contributed by atoms with E-state index in [1.54, 1.807) is 40.7 Å². The Labute approximate surface area is 188 Å². The fourth-order valence-electron chi connectivity index (χ4n) is 3.36. The summed E-state index contributed by atoms with van der Waals surface area (Å²) in [7, 11) is 1.74. The quantitative estimate of drug-likeness (QED) is 0.456. The number of esters is 1. The second kappa shape index (κ2) is 8.72. The minimum atomic E-state index is -1.09. The molecule has 8 nitrogen and oxygen atoms in total. The van der Waals surface area contributed by atoms with Crippen LogP contribution in [-0.2, 0) is 16.6 Å². The van der Waals surface area contributed by atoms with Gasteiger partial charge in [0.25, 0.3) is 11.5 Å². The average molecular weight is 451 g/mol. The van der Waals surface area contributed by atoms with Crippen LogP contribution in [0.25, 0.3) is 11.4 Å². The van der Waals surface area contributed by atoms with Crippen LogP contribution in [0.15, 0.2) is 71.1 Å². The fourth-order valence-corrected chi connectivity index (χ4v) is 4.13. The van der Waals surface area contributed by atoms with E-state index in [1.165, 1.54) is 22.9 Å². The van der Waals surface area contributed by atoms with E-state index in [1.807, 2.05) is 48.8 Å². The van der Waals surface area contributed by atoms with Gasteiger partial charge in [-0.15, -0.1) is 11.3 Å². The molecule has 4 rings (SSSR count). The van der Waals surface area contributed by atoms with Gasteiger partial charge in [-0.3, -0.25) is 14.3 Å². The molecule has 3 aromatic heterocycles. The number of ether oxygens (including phenoxy) is 1. The molecule has 0 aliphatic rings. The van der Waals surface area contributed by atoms with Gasteiger partial charge in [0.15, 0.2) is 6.10 Å². The lowest BCUT2D eigenvalue weighted by atomic mass is 10.3. The molecule has 3 heterocycles. The number of hydrogen-bond acceptors (Lipinski definition) is 5. The molecule has 32 heavy (non-hydrogen) atoms. The van der Waals surface area contributed by atoms with Crippen molar-refractivity contribution in [1.82, 2.24) is 13.9 Å². The van der Waals surface area contributed by atoms with Crippen molar-refractivity contribution < 1.29 is 14.3 Å². The topological polar surface area (TPSA) is 87.3 Å². The lowest BCUT2D eigenvalue weighted by Crippen LogP contribution is -2.32. The number of anilines is 1. The van der Waals surface area contributed by atoms with Crippen molar-refractivity contribution in [2.45, 2.75) is 20.0 Å². The van der Waals surface area contributed by atoms with E-state index in [0.29, 0.717) is 21.9 Å². The number of nitrogens with zero attached hydrogens (tertiary/aromatic N) is 3. The van der Waals surface area contributed by atoms with E-state index in [-0.39, 0.29) is 11.2 Å². The van der Waals surface area contributed by atoms with Crippen LogP contribution in [0.3, 0.4) is 0 Å². The molecule has 0 spiro atoms. The van der Waals surface area contributed by atoms with Gasteiger partial charge in [0, 0.05) is 19.4 Å². The molecule has 1 aromatic carbocycles. The van der Waals surface area contributed by atoms with Gasteiger partial charge >= 0.3 is 5.97 Å². The van der Waals surface area contributed by atoms with Crippen molar-refractivity contribution in [3.63, 3.8) is 0 Å². The number of carbonyl (C=O) groups excluding carboxylic acids is 2. The van der Waals surface area contributed by atoms with Crippen molar-refractivity contribution in [2.24, 2.45) is 7.05 Å². The zero-order valence-corrected chi connectivity index (χ0v) is 18.6. The molecule has 0 aliphatic heterocycles. The molecule has 1 atom stereocenters. The first-order valence-corrected chi connectivity index (χ1v) is 10.8. The summed E-state index contributed by atoms with van der Waals surface area (Å²) in [4.78, 5) is 38.8. The van der Waals surface area contributed by atoms with E-state index < -0.39 is 18.0 Å². The number of aromatic nitrogens is 3. The molecule has 0 saturated carbocycles. The maximum absolute atomic E-state index is 13.0. The molecule has 0 bridgehead atoms. The minimum Gasteiger partial charge on any atom is -0.448 e. The Morgan fingerprint density at radius 2 is 1.75 bits per heavy atom. The number of para-hydroxylation sites is 1. The van der Waals surface area contributed by atoms with Crippen LogP contribution in [0.1, 0.15) is 22.3 Å². The third-order valence-electron chi connectivity index (χ3n) is 5.17. The standard InChI is InChI=1S/C23H22N4O4S/c1-15-19(22(29)27(25(15)3)17-9-5-4-6-10-17)24-21(28)16(2)31-23(30)20-18(11-14-32-20)26-12-7-8-13-26/h4-14,16H,1-3H3,(H,24,28)/t16-/m0/s1. The normalized spacial score (nSPS) is 11.8. The zero-order chi connectivity index (χ0) is 22.8. The Balaban J connectivity index is 1.51. The molecule has 164 valence electrons. The summed E-state index contributed by atoms with van der Waals surface area (Å²) in [5, 5.41) is 4.42. The predicted octanol–water partition coefficient (Wildman–Crippen LogP) is 3.52. The average Bonchev–Trinajstić information content (AvgIpc) is 3.52. The number of carbonyl (C=O) groups is 2. The molecule has 0 saturated heterocycles. The number of rotatable bonds is 6. The van der Waals surface area contributed by atoms with Crippen molar-refractivity contribution in [3.05, 3.63) is 87.2 Å². The fraction of sp³-hybridized carbons (Fsp3) is 0.174. The third-order valence-corrected chi connectivity index (χ3v) is 6.05. The van der Waals surface area contributed by atoms with Crippen molar-refractivity contribution >= 4 is 28.9 Å². The molecule has 0 fully saturated rings. The lowest BCUT2D eigenvalue weighted by Gasteiger charge is -2.13. The van der Waals surface area contributed by atoms with Gasteiger partial charge < -0.3 is 14.6 Å². The van der Waals surface area contributed by atoms with Crippen LogP contribution < -0.4 is 10.9 Å². The van der Waals surface area contributed by atoms with Gasteiger partial charge in [0.05, 0.1) is 17.1 Å². The van der Waals surface area contributed by atoms with Crippen LogP contribution in [-0.4, -0.2) is 31.9 Å². The van der Waals surface area contributed by atoms with Crippen LogP contribution in [0.4, 0.5) is 5.69 Å². The highest BCUT2D eigenvalue weighted by molar-refractivity contribution is 7.12. The summed E-state index contributed by atoms with van der Waals surface area (Å²) in [6.45, 7) is 3.21. The van der Waals surface area contributed by atoms with Crippen LogP contribution in [0.5, 0.6) is 0 Å². The second-order valence-corrected chi connectivity index (χ2v) is 8.11. The first kappa shape index (κ1) is 21.4. The summed E-state index contributed by atoms with van der Waals surface area (Å²) in [5.74, 6) is -1.18. The Morgan fingerprint density at radius 1 is 1.06 bits per heavy atom. The van der Waals surface area contributed by atoms with Crippen molar-refractivity contribution in [2.75, 3.05) is 5.32 Å². The highest BCUT2D eigenvalue weighted by atomic mass is 32.1. The monoisotopic (exact) mass is 450 g/mol. The molecule has 0 unspecified atom stereocenters. The maximum atomic E-state index is 13.0. The first-order valence-electron chi connectivity index (χ1n) is 9.95. The van der Waals surface area contributed by atoms with Gasteiger partial charge in [-0.05, 0) is 49.6 Å². The molecule has 9 heteroatoms. The minimum absolute atomic E-state index is 0.147. The van der Waals surface area contributed by atoms with E-state index in [9.17, 15) is 14.4 Å². The summed E-state index contributed by atoms with van der Waals surface area (Å²) in [5.41, 5.74) is 1.73. The summed E-state index contributed by atoms with van der Waals surface area (Å²) >= 11 is 1.24. The highest BCUT2D eigenvalue weighted by Gasteiger charge is 2.25. The summed E-state index contributed by atoms with van der Waals surface area (Å²) < 4.78 is 10.3. The maximum Gasteiger partial charge on any atom is 0.351 e. The Morgan fingerprint density at radius 3 is 2.44 bits per heavy atom. The Hall–Kier alpha value is -3.85. The number of benzene rings is 1. The number of hydrogen-bond donors (Lipinski definition) is 1. The lowest BCUT2D eigenvalue weighted by molar-refractivity contribution is -0.123. The van der Waals surface area contributed by atoms with Gasteiger partial charge in [0.2, 0.25) is 0 Å². The molecule has 1 amide bonds. The highest BCUT2D eigenvalue weighted by Crippen LogP contribution is 2.23. The van der Waals surface area contributed by atoms with Gasteiger partial charge in [-0.2, -0.15) is 0 Å². The SMILES string of the molecule is Cc1c(NC(=O)[C@H](C)OC(=O)c2sccc2-n2cccc2)c(=O)n(-c2ccccc2)n1C. The van der Waals surface area contributed by atoms with E-state index >= 15 is 0 Å². The predicted molar refractivity (Wildman–Crippen MR) is 123 cm³/mol. The molecule has 0 radical (unpaired) electrons. The Kier molecular flexibility index (Phi) is 5.83. The summed E-state index contributed by atoms with van der Waals surface area (Å²) in [6, 6.07) is 14.7. The second-order valence-electron chi connectivity index (χ2n) is 7.20. The van der Waals surface area contributed by atoms with Crippen molar-refractivity contribution in [1.29, 1.82) is 0 Å². The van der Waals surface area contributed by atoms with E-state index in [4.69, 9.17) is 4.74 Å². The smallest absolute Gasteiger partial charge is 0.351 e. The zero-order valence-electron chi connectivity index (χ0n) is 17.8. The molecule has 4 aromatic rings. The largest absolute Gasteiger partial charge is 0.448 e. The van der Waals surface area contributed by atoms with Gasteiger partial charge in [-0.25, -0.2) is 9.48 Å². The van der Waals surface area contributed by atoms with E-state index in [0.717, 1.165) is 0 Å². The molecule has 0 aliphatic carbocycles. The van der Waals surface area contributed by atoms with Gasteiger partial charge in [0.1, 0.15) is 10.6 Å². The number of nitrogens with one attached hydrogen (secondary N) is 1. The first-order chi connectivity index (χ1) is 15.4. The van der Waals surface area contributed by atoms with E-state index in [2.05, 4.69) is 5.32 Å². The number of amides is 1. The van der Waals surface area contributed by atoms with Crippen LogP contribution >= 0.6 is 11.3 Å². The Bertz CT molecular complexity index is 1320. The van der Waals surface area contributed by atoms with Crippen molar-refractivity contribution in [3.8, 4) is 11.4 Å².